The van der Waals surface area contributed by atoms with Crippen LogP contribution < -0.4 is 5.32 Å². The molecule has 0 spiro atoms. The van der Waals surface area contributed by atoms with E-state index in [0.717, 1.165) is 25.2 Å². The predicted molar refractivity (Wildman–Crippen MR) is 81.1 cm³/mol. The molecule has 1 heterocycles. The first-order chi connectivity index (χ1) is 10.3. The molecular weight excluding hydrogens is 264 g/mol. The molecule has 0 fully saturated rings. The zero-order valence-corrected chi connectivity index (χ0v) is 12.6. The summed E-state index contributed by atoms with van der Waals surface area (Å²) in [5.74, 6) is 0.975. The highest BCUT2D eigenvalue weighted by atomic mass is 16.5. The molecule has 0 bridgehead atoms. The second-order valence-corrected chi connectivity index (χ2v) is 5.64. The fraction of sp³-hybridized carbons (Fsp3) is 0.500. The molecule has 1 N–H and O–H groups in total. The molecule has 0 aliphatic heterocycles. The lowest BCUT2D eigenvalue weighted by molar-refractivity contribution is 0.185. The summed E-state index contributed by atoms with van der Waals surface area (Å²) in [7, 11) is 1.71. The largest absolute Gasteiger partial charge is 0.383 e. The maximum atomic E-state index is 5.13. The highest BCUT2D eigenvalue weighted by molar-refractivity contribution is 5.33. The summed E-state index contributed by atoms with van der Waals surface area (Å²) >= 11 is 0. The number of benzene rings is 1. The van der Waals surface area contributed by atoms with Crippen LogP contribution in [0.1, 0.15) is 29.9 Å². The third-order valence-electron chi connectivity index (χ3n) is 4.11. The number of ether oxygens (including phenoxy) is 1. The van der Waals surface area contributed by atoms with Gasteiger partial charge in [0.2, 0.25) is 0 Å². The standard InChI is InChI=1S/C16H22N4O/c1-12(16-19-17-11-20(16)7-8-21-2)18-15-9-13-5-3-4-6-14(13)10-15/h3-6,11-12,15,18H,7-10H2,1-2H3. The van der Waals surface area contributed by atoms with Gasteiger partial charge in [-0.05, 0) is 30.9 Å². The maximum Gasteiger partial charge on any atom is 0.149 e. The number of methoxy groups -OCH3 is 1. The van der Waals surface area contributed by atoms with Crippen LogP contribution in [0, 0.1) is 0 Å². The van der Waals surface area contributed by atoms with Gasteiger partial charge in [-0.15, -0.1) is 10.2 Å². The molecule has 2 aromatic rings. The van der Waals surface area contributed by atoms with E-state index in [0.29, 0.717) is 12.6 Å². The monoisotopic (exact) mass is 286 g/mol. The minimum Gasteiger partial charge on any atom is -0.383 e. The first kappa shape index (κ1) is 14.2. The minimum atomic E-state index is 0.184. The third kappa shape index (κ3) is 3.14. The van der Waals surface area contributed by atoms with Gasteiger partial charge in [0, 0.05) is 19.7 Å². The van der Waals surface area contributed by atoms with Gasteiger partial charge in [0.05, 0.1) is 12.6 Å². The van der Waals surface area contributed by atoms with Crippen LogP contribution >= 0.6 is 0 Å². The summed E-state index contributed by atoms with van der Waals surface area (Å²) in [6, 6.07) is 9.34. The van der Waals surface area contributed by atoms with E-state index in [9.17, 15) is 0 Å². The Labute approximate surface area is 125 Å². The molecular formula is C16H22N4O. The molecule has 1 aromatic carbocycles. The Hall–Kier alpha value is -1.72. The van der Waals surface area contributed by atoms with Gasteiger partial charge in [-0.1, -0.05) is 24.3 Å². The molecule has 0 amide bonds. The number of hydrogen-bond donors (Lipinski definition) is 1. The van der Waals surface area contributed by atoms with Crippen LogP contribution in [0.2, 0.25) is 0 Å². The lowest BCUT2D eigenvalue weighted by Crippen LogP contribution is -2.33. The molecule has 1 aromatic heterocycles. The van der Waals surface area contributed by atoms with E-state index in [1.54, 1.807) is 13.4 Å². The number of rotatable bonds is 6. The summed E-state index contributed by atoms with van der Waals surface area (Å²) in [4.78, 5) is 0. The van der Waals surface area contributed by atoms with Gasteiger partial charge in [0.25, 0.3) is 0 Å². The van der Waals surface area contributed by atoms with E-state index in [1.807, 2.05) is 0 Å². The van der Waals surface area contributed by atoms with Crippen molar-refractivity contribution in [2.75, 3.05) is 13.7 Å². The number of nitrogens with zero attached hydrogens (tertiary/aromatic N) is 3. The summed E-state index contributed by atoms with van der Waals surface area (Å²) < 4.78 is 7.19. The van der Waals surface area contributed by atoms with E-state index in [-0.39, 0.29) is 6.04 Å². The average Bonchev–Trinajstić information content (AvgIpc) is 3.10. The van der Waals surface area contributed by atoms with Gasteiger partial charge in [-0.2, -0.15) is 0 Å². The Morgan fingerprint density at radius 2 is 2.05 bits per heavy atom. The highest BCUT2D eigenvalue weighted by Gasteiger charge is 2.24. The maximum absolute atomic E-state index is 5.13. The first-order valence-corrected chi connectivity index (χ1v) is 7.47. The lowest BCUT2D eigenvalue weighted by Gasteiger charge is -2.19. The Morgan fingerprint density at radius 3 is 2.71 bits per heavy atom. The van der Waals surface area contributed by atoms with Crippen LogP contribution in [0.15, 0.2) is 30.6 Å². The van der Waals surface area contributed by atoms with Gasteiger partial charge in [0.1, 0.15) is 12.2 Å². The van der Waals surface area contributed by atoms with E-state index in [1.165, 1.54) is 11.1 Å². The molecule has 1 unspecified atom stereocenters. The van der Waals surface area contributed by atoms with Crippen LogP contribution in [0.4, 0.5) is 0 Å². The van der Waals surface area contributed by atoms with Gasteiger partial charge < -0.3 is 14.6 Å². The molecule has 0 saturated carbocycles. The lowest BCUT2D eigenvalue weighted by atomic mass is 10.1. The van der Waals surface area contributed by atoms with Crippen molar-refractivity contribution in [2.45, 2.75) is 38.4 Å². The zero-order valence-electron chi connectivity index (χ0n) is 12.6. The normalized spacial score (nSPS) is 16.1. The number of hydrogen-bond acceptors (Lipinski definition) is 4. The van der Waals surface area contributed by atoms with Crippen molar-refractivity contribution in [1.29, 1.82) is 0 Å². The van der Waals surface area contributed by atoms with E-state index in [4.69, 9.17) is 4.74 Å². The van der Waals surface area contributed by atoms with Gasteiger partial charge in [-0.25, -0.2) is 0 Å². The smallest absolute Gasteiger partial charge is 0.149 e. The van der Waals surface area contributed by atoms with Gasteiger partial charge in [-0.3, -0.25) is 0 Å². The highest BCUT2D eigenvalue weighted by Crippen LogP contribution is 2.23. The Morgan fingerprint density at radius 1 is 1.33 bits per heavy atom. The van der Waals surface area contributed by atoms with E-state index >= 15 is 0 Å². The molecule has 3 rings (SSSR count). The van der Waals surface area contributed by atoms with E-state index < -0.39 is 0 Å². The zero-order chi connectivity index (χ0) is 14.7. The number of fused-ring (bicyclic) bond motifs is 1. The van der Waals surface area contributed by atoms with Crippen molar-refractivity contribution in [3.8, 4) is 0 Å². The minimum absolute atomic E-state index is 0.184. The van der Waals surface area contributed by atoms with Crippen molar-refractivity contribution in [3.05, 3.63) is 47.5 Å². The van der Waals surface area contributed by atoms with Crippen molar-refractivity contribution in [1.82, 2.24) is 20.1 Å². The van der Waals surface area contributed by atoms with Crippen LogP contribution in [0.3, 0.4) is 0 Å². The molecule has 1 atom stereocenters. The molecule has 5 heteroatoms. The van der Waals surface area contributed by atoms with Crippen LogP contribution in [-0.4, -0.2) is 34.5 Å². The fourth-order valence-corrected chi connectivity index (χ4v) is 3.07. The first-order valence-electron chi connectivity index (χ1n) is 7.47. The van der Waals surface area contributed by atoms with Crippen molar-refractivity contribution in [3.63, 3.8) is 0 Å². The average molecular weight is 286 g/mol. The van der Waals surface area contributed by atoms with Crippen molar-refractivity contribution < 1.29 is 4.74 Å². The van der Waals surface area contributed by atoms with Crippen LogP contribution in [-0.2, 0) is 24.1 Å². The molecule has 1 aliphatic carbocycles. The second-order valence-electron chi connectivity index (χ2n) is 5.64. The quantitative estimate of drug-likeness (QED) is 0.879. The second kappa shape index (κ2) is 6.37. The molecule has 0 radical (unpaired) electrons. The summed E-state index contributed by atoms with van der Waals surface area (Å²) in [5, 5.41) is 12.0. The molecule has 112 valence electrons. The summed E-state index contributed by atoms with van der Waals surface area (Å²) in [6.45, 7) is 3.61. The van der Waals surface area contributed by atoms with Crippen LogP contribution in [0.5, 0.6) is 0 Å². The fourth-order valence-electron chi connectivity index (χ4n) is 3.07. The number of nitrogens with one attached hydrogen (secondary N) is 1. The molecule has 1 aliphatic rings. The van der Waals surface area contributed by atoms with Crippen molar-refractivity contribution >= 4 is 0 Å². The van der Waals surface area contributed by atoms with E-state index in [2.05, 4.69) is 51.3 Å². The summed E-state index contributed by atoms with van der Waals surface area (Å²) in [6.07, 6.45) is 3.95. The predicted octanol–water partition coefficient (Wildman–Crippen LogP) is 1.74. The van der Waals surface area contributed by atoms with Crippen molar-refractivity contribution in [2.24, 2.45) is 0 Å². The molecule has 21 heavy (non-hydrogen) atoms. The topological polar surface area (TPSA) is 52.0 Å². The van der Waals surface area contributed by atoms with Gasteiger partial charge >= 0.3 is 0 Å². The molecule has 0 saturated heterocycles. The van der Waals surface area contributed by atoms with Crippen LogP contribution in [0.25, 0.3) is 0 Å². The summed E-state index contributed by atoms with van der Waals surface area (Å²) in [5.41, 5.74) is 2.92. The number of aromatic nitrogens is 3. The molecule has 5 nitrogen and oxygen atoms in total. The third-order valence-corrected chi connectivity index (χ3v) is 4.11. The van der Waals surface area contributed by atoms with Gasteiger partial charge in [0.15, 0.2) is 0 Å². The Bertz CT molecular complexity index is 570. The Balaban J connectivity index is 1.63. The Kier molecular flexibility index (Phi) is 4.31. The SMILES string of the molecule is COCCn1cnnc1C(C)NC1Cc2ccccc2C1.